The monoisotopic (exact) mass is 367 g/mol. The fraction of sp³-hybridized carbons (Fsp3) is 0.458. The van der Waals surface area contributed by atoms with Crippen LogP contribution in [0.15, 0.2) is 60.9 Å². The molecule has 1 aromatic heterocycles. The highest BCUT2D eigenvalue weighted by atomic mass is 15.0. The predicted octanol–water partition coefficient (Wildman–Crippen LogP) is 5.97. The van der Waals surface area contributed by atoms with Crippen molar-refractivity contribution in [2.45, 2.75) is 59.3 Å². The molecular weight excluding hydrogens is 330 g/mol. The number of hydrogen-bond donors (Lipinski definition) is 2. The smallest absolute Gasteiger partial charge is 0.129 e. The van der Waals surface area contributed by atoms with Crippen molar-refractivity contribution >= 4 is 5.82 Å². The number of nitrogens with zero attached hydrogens (tertiary/aromatic N) is 1. The van der Waals surface area contributed by atoms with Crippen LogP contribution in [0.5, 0.6) is 0 Å². The Kier molecular flexibility index (Phi) is 10.9. The van der Waals surface area contributed by atoms with Gasteiger partial charge in [0.15, 0.2) is 0 Å². The summed E-state index contributed by atoms with van der Waals surface area (Å²) in [4.78, 5) is 4.63. The molecule has 0 aliphatic carbocycles. The summed E-state index contributed by atoms with van der Waals surface area (Å²) < 4.78 is 0. The van der Waals surface area contributed by atoms with E-state index in [0.29, 0.717) is 0 Å². The molecule has 2 heterocycles. The van der Waals surface area contributed by atoms with Crippen LogP contribution in [0.2, 0.25) is 0 Å². The van der Waals surface area contributed by atoms with Crippen LogP contribution in [0, 0.1) is 0 Å². The molecule has 3 heteroatoms. The molecule has 0 saturated carbocycles. The van der Waals surface area contributed by atoms with Gasteiger partial charge in [0.05, 0.1) is 0 Å². The van der Waals surface area contributed by atoms with E-state index in [-0.39, 0.29) is 0 Å². The van der Waals surface area contributed by atoms with Crippen molar-refractivity contribution in [1.82, 2.24) is 10.3 Å². The summed E-state index contributed by atoms with van der Waals surface area (Å²) in [5.41, 5.74) is 6.19. The van der Waals surface area contributed by atoms with Gasteiger partial charge in [-0.1, -0.05) is 58.2 Å². The molecule has 1 aliphatic rings. The molecule has 3 nitrogen and oxygen atoms in total. The lowest BCUT2D eigenvalue weighted by atomic mass is 10.0. The molecule has 2 N–H and O–H groups in total. The standard InChI is InChI=1S/C13H19N3.C11H18/c1-10(2)14-9-7-12-6-5-11-4-3-8-15-13(11)16-12;1-5-9-11(8-4)10(6-2)7-3/h5-6,14H,1,3-4,7-9H2,2H3,(H,15,16);6,8H,2,4-5,7,9H2,1,3H3/b;11-10-. The summed E-state index contributed by atoms with van der Waals surface area (Å²) in [5.74, 6) is 1.08. The van der Waals surface area contributed by atoms with Crippen LogP contribution >= 0.6 is 0 Å². The number of pyridine rings is 1. The van der Waals surface area contributed by atoms with E-state index in [1.54, 1.807) is 0 Å². The highest BCUT2D eigenvalue weighted by Gasteiger charge is 2.09. The number of aromatic nitrogens is 1. The van der Waals surface area contributed by atoms with Gasteiger partial charge in [-0.05, 0) is 55.4 Å². The summed E-state index contributed by atoms with van der Waals surface area (Å²) in [5, 5.41) is 6.57. The third-order valence-corrected chi connectivity index (χ3v) is 4.57. The minimum absolute atomic E-state index is 0.904. The van der Waals surface area contributed by atoms with Crippen molar-refractivity contribution in [2.75, 3.05) is 18.4 Å². The van der Waals surface area contributed by atoms with Crippen molar-refractivity contribution in [3.63, 3.8) is 0 Å². The van der Waals surface area contributed by atoms with E-state index >= 15 is 0 Å². The van der Waals surface area contributed by atoms with E-state index in [4.69, 9.17) is 0 Å². The summed E-state index contributed by atoms with van der Waals surface area (Å²) in [7, 11) is 0. The Balaban J connectivity index is 0.000000293. The molecule has 148 valence electrons. The number of nitrogens with one attached hydrogen (secondary N) is 2. The summed E-state index contributed by atoms with van der Waals surface area (Å²) in [6.45, 7) is 19.6. The first-order valence-electron chi connectivity index (χ1n) is 10.1. The van der Waals surface area contributed by atoms with E-state index in [2.05, 4.69) is 61.3 Å². The number of fused-ring (bicyclic) bond motifs is 1. The first-order valence-corrected chi connectivity index (χ1v) is 10.1. The third kappa shape index (κ3) is 8.29. The number of allylic oxidation sites excluding steroid dienone is 5. The Hall–Kier alpha value is -2.29. The van der Waals surface area contributed by atoms with Crippen molar-refractivity contribution in [3.8, 4) is 0 Å². The molecule has 0 radical (unpaired) electrons. The first-order chi connectivity index (χ1) is 13.0. The molecule has 1 aromatic rings. The fourth-order valence-electron chi connectivity index (χ4n) is 3.08. The second-order valence-corrected chi connectivity index (χ2v) is 6.86. The second-order valence-electron chi connectivity index (χ2n) is 6.86. The Labute approximate surface area is 166 Å². The van der Waals surface area contributed by atoms with Crippen molar-refractivity contribution in [2.24, 2.45) is 0 Å². The second kappa shape index (κ2) is 13.0. The van der Waals surface area contributed by atoms with Crippen molar-refractivity contribution < 1.29 is 0 Å². The van der Waals surface area contributed by atoms with Crippen LogP contribution < -0.4 is 10.6 Å². The average Bonchev–Trinajstić information content (AvgIpc) is 2.68. The van der Waals surface area contributed by atoms with Crippen LogP contribution in [0.3, 0.4) is 0 Å². The molecule has 0 bridgehead atoms. The molecule has 0 saturated heterocycles. The molecule has 2 rings (SSSR count). The van der Waals surface area contributed by atoms with Gasteiger partial charge in [-0.2, -0.15) is 0 Å². The number of aryl methyl sites for hydroxylation is 1. The molecule has 0 atom stereocenters. The molecular formula is C24H37N3. The van der Waals surface area contributed by atoms with Gasteiger partial charge in [-0.25, -0.2) is 4.98 Å². The maximum absolute atomic E-state index is 4.63. The Bertz CT molecular complexity index is 656. The largest absolute Gasteiger partial charge is 0.389 e. The minimum Gasteiger partial charge on any atom is -0.389 e. The molecule has 0 aromatic carbocycles. The van der Waals surface area contributed by atoms with E-state index in [9.17, 15) is 0 Å². The maximum atomic E-state index is 4.63. The SMILES string of the molecule is C=C(C)NCCc1ccc2c(n1)NCCC2.C=C/C(CC)=C(\C=C)CCC. The molecule has 0 amide bonds. The minimum atomic E-state index is 0.904. The zero-order chi connectivity index (χ0) is 20.1. The van der Waals surface area contributed by atoms with Gasteiger partial charge < -0.3 is 10.6 Å². The summed E-state index contributed by atoms with van der Waals surface area (Å²) in [6.07, 6.45) is 10.6. The maximum Gasteiger partial charge on any atom is 0.129 e. The van der Waals surface area contributed by atoms with Gasteiger partial charge >= 0.3 is 0 Å². The van der Waals surface area contributed by atoms with Crippen molar-refractivity contribution in [3.05, 3.63) is 72.1 Å². The third-order valence-electron chi connectivity index (χ3n) is 4.57. The van der Waals surface area contributed by atoms with E-state index < -0.39 is 0 Å². The number of anilines is 1. The Morgan fingerprint density at radius 2 is 1.96 bits per heavy atom. The molecule has 27 heavy (non-hydrogen) atoms. The first kappa shape index (κ1) is 22.8. The summed E-state index contributed by atoms with van der Waals surface area (Å²) in [6, 6.07) is 4.33. The van der Waals surface area contributed by atoms with Gasteiger partial charge in [0.1, 0.15) is 5.82 Å². The lowest BCUT2D eigenvalue weighted by Crippen LogP contribution is -2.17. The highest BCUT2D eigenvalue weighted by Crippen LogP contribution is 2.19. The highest BCUT2D eigenvalue weighted by molar-refractivity contribution is 5.47. The van der Waals surface area contributed by atoms with Gasteiger partial charge in [0, 0.05) is 30.9 Å². The normalized spacial score (nSPS) is 13.1. The van der Waals surface area contributed by atoms with Crippen LogP contribution in [0.4, 0.5) is 5.82 Å². The zero-order valence-electron chi connectivity index (χ0n) is 17.5. The fourth-order valence-corrected chi connectivity index (χ4v) is 3.08. The Morgan fingerprint density at radius 1 is 1.22 bits per heavy atom. The molecule has 0 unspecified atom stereocenters. The van der Waals surface area contributed by atoms with E-state index in [0.717, 1.165) is 56.0 Å². The molecule has 1 aliphatic heterocycles. The van der Waals surface area contributed by atoms with Crippen LogP contribution in [0.25, 0.3) is 0 Å². The summed E-state index contributed by atoms with van der Waals surface area (Å²) >= 11 is 0. The lowest BCUT2D eigenvalue weighted by molar-refractivity contribution is 0.766. The van der Waals surface area contributed by atoms with Crippen LogP contribution in [-0.4, -0.2) is 18.1 Å². The van der Waals surface area contributed by atoms with Gasteiger partial charge in [-0.3, -0.25) is 0 Å². The predicted molar refractivity (Wildman–Crippen MR) is 120 cm³/mol. The van der Waals surface area contributed by atoms with Gasteiger partial charge in [-0.15, -0.1) is 0 Å². The topological polar surface area (TPSA) is 37.0 Å². The Morgan fingerprint density at radius 3 is 2.56 bits per heavy atom. The van der Waals surface area contributed by atoms with E-state index in [1.165, 1.54) is 29.6 Å². The molecule has 0 fully saturated rings. The average molecular weight is 368 g/mol. The number of rotatable bonds is 9. The van der Waals surface area contributed by atoms with Crippen molar-refractivity contribution in [1.29, 1.82) is 0 Å². The quantitative estimate of drug-likeness (QED) is 0.528. The molecule has 0 spiro atoms. The van der Waals surface area contributed by atoms with Crippen LogP contribution in [-0.2, 0) is 12.8 Å². The lowest BCUT2D eigenvalue weighted by Gasteiger charge is -2.17. The number of hydrogen-bond acceptors (Lipinski definition) is 3. The van der Waals surface area contributed by atoms with Crippen LogP contribution in [0.1, 0.15) is 57.7 Å². The van der Waals surface area contributed by atoms with Gasteiger partial charge in [0.25, 0.3) is 0 Å². The van der Waals surface area contributed by atoms with Gasteiger partial charge in [0.2, 0.25) is 0 Å². The zero-order valence-corrected chi connectivity index (χ0v) is 17.5. The van der Waals surface area contributed by atoms with E-state index in [1.807, 2.05) is 19.1 Å².